The predicted molar refractivity (Wildman–Crippen MR) is 74.5 cm³/mol. The van der Waals surface area contributed by atoms with Crippen molar-refractivity contribution in [1.82, 2.24) is 4.90 Å². The molecule has 4 heteroatoms. The first-order valence-electron chi connectivity index (χ1n) is 6.87. The fraction of sp³-hybridized carbons (Fsp3) is 0.533. The molecule has 1 aromatic rings. The normalized spacial score (nSPS) is 19.1. The average Bonchev–Trinajstić information content (AvgIpc) is 2.41. The molecule has 1 amide bonds. The molecule has 0 spiro atoms. The summed E-state index contributed by atoms with van der Waals surface area (Å²) in [5.74, 6) is 0.431. The number of hydrogen-bond donors (Lipinski definition) is 1. The number of anilines is 1. The van der Waals surface area contributed by atoms with Crippen LogP contribution in [0.2, 0.25) is 0 Å². The minimum Gasteiger partial charge on any atom is -0.325 e. The molecule has 3 nitrogen and oxygen atoms in total. The number of nitrogens with zero attached hydrogens (tertiary/aromatic N) is 1. The van der Waals surface area contributed by atoms with Crippen LogP contribution < -0.4 is 5.32 Å². The minimum absolute atomic E-state index is 0.0267. The molecular formula is C15H21FN2O. The summed E-state index contributed by atoms with van der Waals surface area (Å²) >= 11 is 0. The second-order valence-electron chi connectivity index (χ2n) is 5.39. The van der Waals surface area contributed by atoms with E-state index in [0.29, 0.717) is 5.69 Å². The highest BCUT2D eigenvalue weighted by Crippen LogP contribution is 2.18. The zero-order chi connectivity index (χ0) is 13.8. The van der Waals surface area contributed by atoms with Gasteiger partial charge in [0.05, 0.1) is 6.04 Å². The number of hydrogen-bond acceptors (Lipinski definition) is 2. The molecule has 1 aromatic carbocycles. The van der Waals surface area contributed by atoms with Gasteiger partial charge < -0.3 is 5.32 Å². The van der Waals surface area contributed by atoms with Gasteiger partial charge >= 0.3 is 0 Å². The zero-order valence-corrected chi connectivity index (χ0v) is 11.5. The molecule has 1 fully saturated rings. The monoisotopic (exact) mass is 264 g/mol. The van der Waals surface area contributed by atoms with Gasteiger partial charge in [-0.15, -0.1) is 0 Å². The van der Waals surface area contributed by atoms with Crippen molar-refractivity contribution in [3.8, 4) is 0 Å². The number of nitrogens with one attached hydrogen (secondary N) is 1. The summed E-state index contributed by atoms with van der Waals surface area (Å²) in [6.07, 6.45) is 2.29. The quantitative estimate of drug-likeness (QED) is 0.910. The van der Waals surface area contributed by atoms with Gasteiger partial charge in [-0.1, -0.05) is 6.92 Å². The highest BCUT2D eigenvalue weighted by molar-refractivity contribution is 5.94. The van der Waals surface area contributed by atoms with E-state index >= 15 is 0 Å². The number of carbonyl (C=O) groups excluding carboxylic acids is 1. The van der Waals surface area contributed by atoms with E-state index < -0.39 is 0 Å². The maximum absolute atomic E-state index is 12.8. The number of rotatable bonds is 3. The van der Waals surface area contributed by atoms with Gasteiger partial charge in [0.25, 0.3) is 0 Å². The molecule has 0 unspecified atom stereocenters. The Kier molecular flexibility index (Phi) is 4.53. The Morgan fingerprint density at radius 3 is 2.47 bits per heavy atom. The molecular weight excluding hydrogens is 243 g/mol. The number of amides is 1. The van der Waals surface area contributed by atoms with Crippen molar-refractivity contribution in [1.29, 1.82) is 0 Å². The van der Waals surface area contributed by atoms with Crippen LogP contribution in [0.25, 0.3) is 0 Å². The third kappa shape index (κ3) is 3.77. The lowest BCUT2D eigenvalue weighted by Crippen LogP contribution is -2.45. The molecule has 2 rings (SSSR count). The Morgan fingerprint density at radius 2 is 1.89 bits per heavy atom. The van der Waals surface area contributed by atoms with Crippen molar-refractivity contribution >= 4 is 11.6 Å². The maximum atomic E-state index is 12.8. The lowest BCUT2D eigenvalue weighted by Gasteiger charge is -2.34. The van der Waals surface area contributed by atoms with E-state index in [1.165, 1.54) is 12.1 Å². The fourth-order valence-electron chi connectivity index (χ4n) is 2.36. The van der Waals surface area contributed by atoms with Crippen molar-refractivity contribution < 1.29 is 9.18 Å². The summed E-state index contributed by atoms with van der Waals surface area (Å²) in [7, 11) is 0. The first-order valence-corrected chi connectivity index (χ1v) is 6.87. The molecule has 1 atom stereocenters. The first kappa shape index (κ1) is 14.0. The first-order chi connectivity index (χ1) is 9.06. The standard InChI is InChI=1S/C15H21FN2O/c1-11-7-9-18(10-8-11)12(2)15(19)17-14-5-3-13(16)4-6-14/h3-6,11-12H,7-10H2,1-2H3,(H,17,19)/t12-/m1/s1. The second kappa shape index (κ2) is 6.15. The van der Waals surface area contributed by atoms with Crippen LogP contribution in [0.5, 0.6) is 0 Å². The van der Waals surface area contributed by atoms with Gasteiger partial charge in [0.2, 0.25) is 5.91 Å². The SMILES string of the molecule is CC1CCN([C@H](C)C(=O)Nc2ccc(F)cc2)CC1. The van der Waals surface area contributed by atoms with E-state index in [9.17, 15) is 9.18 Å². The Morgan fingerprint density at radius 1 is 1.32 bits per heavy atom. The third-order valence-electron chi connectivity index (χ3n) is 3.86. The highest BCUT2D eigenvalue weighted by atomic mass is 19.1. The van der Waals surface area contributed by atoms with E-state index in [1.807, 2.05) is 6.92 Å². The van der Waals surface area contributed by atoms with Crippen LogP contribution in [0.1, 0.15) is 26.7 Å². The van der Waals surface area contributed by atoms with E-state index in [1.54, 1.807) is 12.1 Å². The summed E-state index contributed by atoms with van der Waals surface area (Å²) in [5.41, 5.74) is 0.642. The molecule has 104 valence electrons. The second-order valence-corrected chi connectivity index (χ2v) is 5.39. The van der Waals surface area contributed by atoms with E-state index in [-0.39, 0.29) is 17.8 Å². The number of likely N-dealkylation sites (tertiary alicyclic amines) is 1. The van der Waals surface area contributed by atoms with E-state index in [0.717, 1.165) is 31.8 Å². The van der Waals surface area contributed by atoms with E-state index in [4.69, 9.17) is 0 Å². The molecule has 0 bridgehead atoms. The molecule has 0 saturated carbocycles. The number of piperidine rings is 1. The van der Waals surface area contributed by atoms with Crippen molar-refractivity contribution in [3.05, 3.63) is 30.1 Å². The van der Waals surface area contributed by atoms with Crippen LogP contribution in [0, 0.1) is 11.7 Å². The molecule has 1 heterocycles. The summed E-state index contributed by atoms with van der Waals surface area (Å²) < 4.78 is 12.8. The van der Waals surface area contributed by atoms with Crippen molar-refractivity contribution in [2.45, 2.75) is 32.7 Å². The van der Waals surface area contributed by atoms with Crippen LogP contribution in [-0.2, 0) is 4.79 Å². The topological polar surface area (TPSA) is 32.3 Å². The Hall–Kier alpha value is -1.42. The predicted octanol–water partition coefficient (Wildman–Crippen LogP) is 2.88. The number of benzene rings is 1. The summed E-state index contributed by atoms with van der Waals surface area (Å²) in [5, 5.41) is 2.83. The smallest absolute Gasteiger partial charge is 0.241 e. The molecule has 0 aromatic heterocycles. The van der Waals surface area contributed by atoms with Gasteiger partial charge in [0, 0.05) is 5.69 Å². The number of carbonyl (C=O) groups is 1. The summed E-state index contributed by atoms with van der Waals surface area (Å²) in [6.45, 7) is 6.12. The van der Waals surface area contributed by atoms with Gasteiger partial charge in [-0.05, 0) is 63.0 Å². The molecule has 1 aliphatic heterocycles. The lowest BCUT2D eigenvalue weighted by atomic mass is 9.98. The minimum atomic E-state index is -0.295. The van der Waals surface area contributed by atoms with Gasteiger partial charge in [0.15, 0.2) is 0 Å². The Labute approximate surface area is 113 Å². The molecule has 0 radical (unpaired) electrons. The largest absolute Gasteiger partial charge is 0.325 e. The third-order valence-corrected chi connectivity index (χ3v) is 3.86. The van der Waals surface area contributed by atoms with Crippen LogP contribution >= 0.6 is 0 Å². The summed E-state index contributed by atoms with van der Waals surface area (Å²) in [6, 6.07) is 5.72. The van der Waals surface area contributed by atoms with Crippen LogP contribution in [-0.4, -0.2) is 29.9 Å². The zero-order valence-electron chi connectivity index (χ0n) is 11.5. The molecule has 0 aliphatic carbocycles. The van der Waals surface area contributed by atoms with Gasteiger partial charge in [-0.3, -0.25) is 9.69 Å². The van der Waals surface area contributed by atoms with Crippen molar-refractivity contribution in [2.24, 2.45) is 5.92 Å². The van der Waals surface area contributed by atoms with Crippen LogP contribution in [0.15, 0.2) is 24.3 Å². The van der Waals surface area contributed by atoms with Gasteiger partial charge in [-0.25, -0.2) is 4.39 Å². The van der Waals surface area contributed by atoms with Crippen LogP contribution in [0.4, 0.5) is 10.1 Å². The van der Waals surface area contributed by atoms with Crippen molar-refractivity contribution in [3.63, 3.8) is 0 Å². The summed E-state index contributed by atoms with van der Waals surface area (Å²) in [4.78, 5) is 14.3. The van der Waals surface area contributed by atoms with Gasteiger partial charge in [-0.2, -0.15) is 0 Å². The fourth-order valence-corrected chi connectivity index (χ4v) is 2.36. The molecule has 1 N–H and O–H groups in total. The Balaban J connectivity index is 1.90. The molecule has 19 heavy (non-hydrogen) atoms. The highest BCUT2D eigenvalue weighted by Gasteiger charge is 2.24. The molecule has 1 saturated heterocycles. The number of halogens is 1. The molecule has 1 aliphatic rings. The van der Waals surface area contributed by atoms with Gasteiger partial charge in [0.1, 0.15) is 5.82 Å². The lowest BCUT2D eigenvalue weighted by molar-refractivity contribution is -0.121. The Bertz CT molecular complexity index is 424. The van der Waals surface area contributed by atoms with Crippen LogP contribution in [0.3, 0.4) is 0 Å². The average molecular weight is 264 g/mol. The maximum Gasteiger partial charge on any atom is 0.241 e. The van der Waals surface area contributed by atoms with Crippen molar-refractivity contribution in [2.75, 3.05) is 18.4 Å². The van der Waals surface area contributed by atoms with E-state index in [2.05, 4.69) is 17.1 Å².